The van der Waals surface area contributed by atoms with E-state index in [1.54, 1.807) is 24.4 Å². The third kappa shape index (κ3) is 2.39. The largest absolute Gasteiger partial charge is 0.381 e. The van der Waals surface area contributed by atoms with Crippen LogP contribution in [0.3, 0.4) is 0 Å². The number of rotatable bonds is 3. The van der Waals surface area contributed by atoms with Crippen LogP contribution in [0, 0.1) is 0 Å². The number of sulfonamides is 1. The number of piperazine rings is 1. The lowest BCUT2D eigenvalue weighted by atomic mass is 10.4. The highest BCUT2D eigenvalue weighted by atomic mass is 32.2. The molecule has 1 fully saturated rings. The summed E-state index contributed by atoms with van der Waals surface area (Å²) in [4.78, 5) is 6.36. The Bertz CT molecular complexity index is 747. The van der Waals surface area contributed by atoms with Gasteiger partial charge < -0.3 is 10.6 Å². The molecular formula is C13H19N5O2S. The number of imidazole rings is 1. The van der Waals surface area contributed by atoms with Crippen molar-refractivity contribution in [3.63, 3.8) is 0 Å². The number of nitrogen functional groups attached to an aromatic ring is 1. The molecule has 3 rings (SSSR count). The zero-order valence-corrected chi connectivity index (χ0v) is 12.8. The molecule has 0 atom stereocenters. The summed E-state index contributed by atoms with van der Waals surface area (Å²) in [5.74, 6) is 0.0547. The molecule has 7 nitrogen and oxygen atoms in total. The minimum Gasteiger partial charge on any atom is -0.381 e. The number of hydrogen-bond donors (Lipinski definition) is 1. The third-order valence-corrected chi connectivity index (χ3v) is 5.81. The molecule has 2 aromatic heterocycles. The van der Waals surface area contributed by atoms with Crippen LogP contribution in [0.25, 0.3) is 5.65 Å². The number of aromatic nitrogens is 2. The topological polar surface area (TPSA) is 83.9 Å². The Morgan fingerprint density at radius 2 is 1.95 bits per heavy atom. The minimum absolute atomic E-state index is 0.0547. The molecule has 0 aromatic carbocycles. The number of fused-ring (bicyclic) bond motifs is 1. The lowest BCUT2D eigenvalue weighted by molar-refractivity contribution is 0.196. The van der Waals surface area contributed by atoms with Crippen LogP contribution in [0.4, 0.5) is 5.82 Å². The van der Waals surface area contributed by atoms with Crippen molar-refractivity contribution in [1.82, 2.24) is 18.6 Å². The maximum atomic E-state index is 12.8. The van der Waals surface area contributed by atoms with Crippen LogP contribution >= 0.6 is 0 Å². The predicted octanol–water partition coefficient (Wildman–Crippen LogP) is 0.243. The normalized spacial score (nSPS) is 18.3. The summed E-state index contributed by atoms with van der Waals surface area (Å²) in [7, 11) is -3.63. The highest BCUT2D eigenvalue weighted by Gasteiger charge is 2.32. The average Bonchev–Trinajstić information content (AvgIpc) is 2.83. The molecule has 8 heteroatoms. The van der Waals surface area contributed by atoms with Gasteiger partial charge in [-0.2, -0.15) is 4.31 Å². The molecule has 0 bridgehead atoms. The van der Waals surface area contributed by atoms with E-state index < -0.39 is 10.0 Å². The predicted molar refractivity (Wildman–Crippen MR) is 80.5 cm³/mol. The van der Waals surface area contributed by atoms with Crippen LogP contribution in [0.5, 0.6) is 0 Å². The second kappa shape index (κ2) is 5.28. The quantitative estimate of drug-likeness (QED) is 0.878. The zero-order chi connectivity index (χ0) is 15.0. The molecule has 2 N–H and O–H groups in total. The monoisotopic (exact) mass is 309 g/mol. The summed E-state index contributed by atoms with van der Waals surface area (Å²) in [6, 6.07) is 5.31. The first-order valence-corrected chi connectivity index (χ1v) is 8.43. The molecule has 1 saturated heterocycles. The number of likely N-dealkylation sites (N-methyl/N-ethyl adjacent to an activating group) is 1. The Kier molecular flexibility index (Phi) is 3.60. The van der Waals surface area contributed by atoms with Gasteiger partial charge in [0, 0.05) is 32.4 Å². The summed E-state index contributed by atoms with van der Waals surface area (Å²) in [6.07, 6.45) is 1.67. The Morgan fingerprint density at radius 1 is 1.24 bits per heavy atom. The lowest BCUT2D eigenvalue weighted by Crippen LogP contribution is -2.48. The van der Waals surface area contributed by atoms with Crippen LogP contribution < -0.4 is 5.73 Å². The van der Waals surface area contributed by atoms with E-state index in [0.29, 0.717) is 18.7 Å². The van der Waals surface area contributed by atoms with Gasteiger partial charge in [-0.15, -0.1) is 0 Å². The van der Waals surface area contributed by atoms with E-state index in [1.807, 2.05) is 0 Å². The molecule has 0 saturated carbocycles. The number of hydrogen-bond acceptors (Lipinski definition) is 5. The van der Waals surface area contributed by atoms with Crippen molar-refractivity contribution in [2.75, 3.05) is 38.5 Å². The van der Waals surface area contributed by atoms with Crippen LogP contribution in [-0.4, -0.2) is 59.7 Å². The molecule has 3 heterocycles. The maximum Gasteiger partial charge on any atom is 0.262 e. The standard InChI is InChI=1S/C13H19N5O2S/c1-2-16-7-9-17(10-8-16)21(19,20)13-12(14)15-11-5-3-4-6-18(11)13/h3-6H,2,7-10,14H2,1H3. The zero-order valence-electron chi connectivity index (χ0n) is 11.9. The van der Waals surface area contributed by atoms with Gasteiger partial charge in [-0.3, -0.25) is 4.40 Å². The van der Waals surface area contributed by atoms with E-state index >= 15 is 0 Å². The van der Waals surface area contributed by atoms with Crippen LogP contribution in [0.2, 0.25) is 0 Å². The van der Waals surface area contributed by atoms with Gasteiger partial charge >= 0.3 is 0 Å². The van der Waals surface area contributed by atoms with Gasteiger partial charge in [-0.05, 0) is 18.7 Å². The first-order valence-electron chi connectivity index (χ1n) is 6.99. The average molecular weight is 309 g/mol. The van der Waals surface area contributed by atoms with Crippen molar-refractivity contribution in [1.29, 1.82) is 0 Å². The number of pyridine rings is 1. The highest BCUT2D eigenvalue weighted by Crippen LogP contribution is 2.24. The maximum absolute atomic E-state index is 12.8. The molecule has 0 spiro atoms. The Labute approximate surface area is 124 Å². The Hall–Kier alpha value is -1.64. The first-order chi connectivity index (χ1) is 10.0. The molecule has 0 amide bonds. The van der Waals surface area contributed by atoms with Gasteiger partial charge in [0.1, 0.15) is 5.65 Å². The number of anilines is 1. The van der Waals surface area contributed by atoms with E-state index in [9.17, 15) is 8.42 Å². The smallest absolute Gasteiger partial charge is 0.262 e. The first kappa shape index (κ1) is 14.3. The van der Waals surface area contributed by atoms with Crippen LogP contribution in [0.15, 0.2) is 29.4 Å². The van der Waals surface area contributed by atoms with Crippen molar-refractivity contribution in [3.8, 4) is 0 Å². The molecule has 114 valence electrons. The summed E-state index contributed by atoms with van der Waals surface area (Å²) >= 11 is 0. The van der Waals surface area contributed by atoms with E-state index in [4.69, 9.17) is 5.73 Å². The van der Waals surface area contributed by atoms with Gasteiger partial charge in [0.15, 0.2) is 10.8 Å². The summed E-state index contributed by atoms with van der Waals surface area (Å²) in [5, 5.41) is 0.0723. The number of nitrogens with zero attached hydrogens (tertiary/aromatic N) is 4. The lowest BCUT2D eigenvalue weighted by Gasteiger charge is -2.33. The Balaban J connectivity index is 1.99. The van der Waals surface area contributed by atoms with E-state index in [2.05, 4.69) is 16.8 Å². The molecule has 1 aliphatic rings. The van der Waals surface area contributed by atoms with Gasteiger partial charge in [0.25, 0.3) is 10.0 Å². The van der Waals surface area contributed by atoms with Crippen molar-refractivity contribution in [3.05, 3.63) is 24.4 Å². The van der Waals surface area contributed by atoms with Crippen molar-refractivity contribution < 1.29 is 8.42 Å². The number of nitrogens with two attached hydrogens (primary N) is 1. The summed E-state index contributed by atoms with van der Waals surface area (Å²) in [5.41, 5.74) is 6.39. The minimum atomic E-state index is -3.63. The SMILES string of the molecule is CCN1CCN(S(=O)(=O)c2c(N)nc3ccccn23)CC1. The second-order valence-electron chi connectivity index (χ2n) is 5.07. The molecule has 0 unspecified atom stereocenters. The third-order valence-electron chi connectivity index (χ3n) is 3.87. The summed E-state index contributed by atoms with van der Waals surface area (Å²) in [6.45, 7) is 5.46. The highest BCUT2D eigenvalue weighted by molar-refractivity contribution is 7.89. The Morgan fingerprint density at radius 3 is 2.62 bits per heavy atom. The van der Waals surface area contributed by atoms with Crippen LogP contribution in [-0.2, 0) is 10.0 Å². The molecular weight excluding hydrogens is 290 g/mol. The molecule has 0 aliphatic carbocycles. The van der Waals surface area contributed by atoms with Gasteiger partial charge in [0.2, 0.25) is 0 Å². The van der Waals surface area contributed by atoms with Crippen molar-refractivity contribution in [2.24, 2.45) is 0 Å². The van der Waals surface area contributed by atoms with E-state index in [1.165, 1.54) is 8.71 Å². The fourth-order valence-corrected chi connectivity index (χ4v) is 4.26. The fourth-order valence-electron chi connectivity index (χ4n) is 2.66. The van der Waals surface area contributed by atoms with E-state index in [-0.39, 0.29) is 10.8 Å². The molecule has 2 aromatic rings. The van der Waals surface area contributed by atoms with Gasteiger partial charge in [0.05, 0.1) is 0 Å². The second-order valence-corrected chi connectivity index (χ2v) is 6.92. The molecule has 0 radical (unpaired) electrons. The van der Waals surface area contributed by atoms with Gasteiger partial charge in [-0.1, -0.05) is 13.0 Å². The fraction of sp³-hybridized carbons (Fsp3) is 0.462. The van der Waals surface area contributed by atoms with E-state index in [0.717, 1.165) is 19.6 Å². The summed E-state index contributed by atoms with van der Waals surface area (Å²) < 4.78 is 28.7. The van der Waals surface area contributed by atoms with Crippen molar-refractivity contribution >= 4 is 21.5 Å². The molecule has 1 aliphatic heterocycles. The molecule has 21 heavy (non-hydrogen) atoms. The van der Waals surface area contributed by atoms with Crippen LogP contribution in [0.1, 0.15) is 6.92 Å². The van der Waals surface area contributed by atoms with Crippen molar-refractivity contribution in [2.45, 2.75) is 11.9 Å². The van der Waals surface area contributed by atoms with Gasteiger partial charge in [-0.25, -0.2) is 13.4 Å².